The molecule has 11 heteroatoms. The molecular formula is C12H10F6N2O2S. The Morgan fingerprint density at radius 1 is 1.09 bits per heavy atom. The zero-order valence-electron chi connectivity index (χ0n) is 11.4. The summed E-state index contributed by atoms with van der Waals surface area (Å²) in [6, 6.07) is 1.41. The lowest BCUT2D eigenvalue weighted by Crippen LogP contribution is -2.14. The quantitative estimate of drug-likeness (QED) is 0.510. The first-order valence-corrected chi connectivity index (χ1v) is 7.27. The van der Waals surface area contributed by atoms with Gasteiger partial charge >= 0.3 is 12.4 Å². The van der Waals surface area contributed by atoms with Gasteiger partial charge in [0, 0.05) is 0 Å². The van der Waals surface area contributed by atoms with Gasteiger partial charge in [-0.25, -0.2) is 0 Å². The minimum absolute atomic E-state index is 0.128. The van der Waals surface area contributed by atoms with Crippen molar-refractivity contribution in [1.82, 2.24) is 0 Å². The fourth-order valence-corrected chi connectivity index (χ4v) is 2.39. The highest BCUT2D eigenvalue weighted by molar-refractivity contribution is 7.93. The second kappa shape index (κ2) is 6.22. The first-order chi connectivity index (χ1) is 10.2. The number of halogens is 6. The Bertz CT molecular complexity index is 712. The van der Waals surface area contributed by atoms with Gasteiger partial charge in [-0.15, -0.1) is 4.40 Å². The van der Waals surface area contributed by atoms with Crippen LogP contribution in [0.4, 0.5) is 26.3 Å². The van der Waals surface area contributed by atoms with Crippen LogP contribution in [0.2, 0.25) is 0 Å². The van der Waals surface area contributed by atoms with E-state index in [-0.39, 0.29) is 11.5 Å². The molecule has 0 radical (unpaired) electrons. The first kappa shape index (κ1) is 19.0. The van der Waals surface area contributed by atoms with Crippen LogP contribution < -0.4 is 5.73 Å². The van der Waals surface area contributed by atoms with E-state index < -0.39 is 44.9 Å². The molecule has 1 rings (SSSR count). The van der Waals surface area contributed by atoms with Crippen LogP contribution >= 0.6 is 0 Å². The molecule has 0 amide bonds. The molecule has 0 spiro atoms. The van der Waals surface area contributed by atoms with Crippen LogP contribution in [0.1, 0.15) is 23.6 Å². The van der Waals surface area contributed by atoms with Gasteiger partial charge in [0.1, 0.15) is 5.84 Å². The Hall–Kier alpha value is -2.04. The van der Waals surface area contributed by atoms with Crippen LogP contribution in [0.3, 0.4) is 0 Å². The van der Waals surface area contributed by atoms with Gasteiger partial charge < -0.3 is 5.73 Å². The SMILES string of the molecule is C/C(N)=N/S(=O)(=O)/C=C/c1c(C(F)(F)F)cccc1C(F)(F)F. The number of benzene rings is 1. The Balaban J connectivity index is 3.59. The summed E-state index contributed by atoms with van der Waals surface area (Å²) in [4.78, 5) is 0. The maximum atomic E-state index is 12.8. The molecular weight excluding hydrogens is 350 g/mol. The average molecular weight is 360 g/mol. The van der Waals surface area contributed by atoms with Crippen LogP contribution in [0.15, 0.2) is 28.0 Å². The van der Waals surface area contributed by atoms with Gasteiger partial charge in [0.2, 0.25) is 0 Å². The number of sulfonamides is 1. The Morgan fingerprint density at radius 3 is 1.87 bits per heavy atom. The van der Waals surface area contributed by atoms with Crippen LogP contribution in [0, 0.1) is 0 Å². The minimum Gasteiger partial charge on any atom is -0.387 e. The molecule has 0 aromatic heterocycles. The molecule has 0 heterocycles. The number of hydrogen-bond acceptors (Lipinski definition) is 2. The highest BCUT2D eigenvalue weighted by atomic mass is 32.2. The number of alkyl halides is 6. The number of hydrogen-bond donors (Lipinski definition) is 1. The molecule has 0 fully saturated rings. The predicted molar refractivity (Wildman–Crippen MR) is 71.7 cm³/mol. The number of nitrogens with zero attached hydrogens (tertiary/aromatic N) is 1. The minimum atomic E-state index is -5.10. The molecule has 128 valence electrons. The average Bonchev–Trinajstić information content (AvgIpc) is 2.32. The van der Waals surface area contributed by atoms with Crippen LogP contribution in [0.25, 0.3) is 6.08 Å². The van der Waals surface area contributed by atoms with E-state index in [0.717, 1.165) is 6.92 Å². The van der Waals surface area contributed by atoms with Crippen molar-refractivity contribution in [3.63, 3.8) is 0 Å². The first-order valence-electron chi connectivity index (χ1n) is 5.76. The molecule has 23 heavy (non-hydrogen) atoms. The number of rotatable bonds is 3. The fraction of sp³-hybridized carbons (Fsp3) is 0.250. The summed E-state index contributed by atoms with van der Waals surface area (Å²) in [5.74, 6) is -0.421. The lowest BCUT2D eigenvalue weighted by Gasteiger charge is -2.16. The van der Waals surface area contributed by atoms with Crippen molar-refractivity contribution >= 4 is 21.9 Å². The largest absolute Gasteiger partial charge is 0.417 e. The van der Waals surface area contributed by atoms with Crippen molar-refractivity contribution in [3.05, 3.63) is 40.3 Å². The van der Waals surface area contributed by atoms with Gasteiger partial charge in [-0.2, -0.15) is 34.8 Å². The zero-order chi connectivity index (χ0) is 18.1. The summed E-state index contributed by atoms with van der Waals surface area (Å²) in [7, 11) is -4.46. The Morgan fingerprint density at radius 2 is 1.52 bits per heavy atom. The van der Waals surface area contributed by atoms with Crippen molar-refractivity contribution in [2.75, 3.05) is 0 Å². The molecule has 0 aliphatic rings. The monoisotopic (exact) mass is 360 g/mol. The van der Waals surface area contributed by atoms with Gasteiger partial charge in [0.25, 0.3) is 10.0 Å². The van der Waals surface area contributed by atoms with Gasteiger partial charge in [-0.1, -0.05) is 6.07 Å². The third-order valence-electron chi connectivity index (χ3n) is 2.39. The van der Waals surface area contributed by atoms with Gasteiger partial charge in [-0.3, -0.25) is 0 Å². The summed E-state index contributed by atoms with van der Waals surface area (Å²) in [6.45, 7) is 1.09. The van der Waals surface area contributed by atoms with E-state index in [4.69, 9.17) is 5.73 Å². The zero-order valence-corrected chi connectivity index (χ0v) is 12.2. The van der Waals surface area contributed by atoms with E-state index >= 15 is 0 Å². The summed E-state index contributed by atoms with van der Waals surface area (Å²) >= 11 is 0. The van der Waals surface area contributed by atoms with Crippen molar-refractivity contribution in [3.8, 4) is 0 Å². The van der Waals surface area contributed by atoms with E-state index in [2.05, 4.69) is 4.40 Å². The molecule has 0 saturated carbocycles. The normalized spacial score (nSPS) is 14.5. The second-order valence-electron chi connectivity index (χ2n) is 4.31. The van der Waals surface area contributed by atoms with Gasteiger partial charge in [-0.05, 0) is 30.7 Å². The Labute approximate surface area is 127 Å². The van der Waals surface area contributed by atoms with Crippen LogP contribution in [-0.4, -0.2) is 14.3 Å². The van der Waals surface area contributed by atoms with Crippen molar-refractivity contribution in [2.45, 2.75) is 19.3 Å². The molecule has 0 atom stereocenters. The molecule has 0 unspecified atom stereocenters. The summed E-state index contributed by atoms with van der Waals surface area (Å²) < 4.78 is 103. The van der Waals surface area contributed by atoms with E-state index in [1.165, 1.54) is 0 Å². The van der Waals surface area contributed by atoms with E-state index in [1.54, 1.807) is 0 Å². The number of nitrogens with two attached hydrogens (primary N) is 1. The van der Waals surface area contributed by atoms with Crippen LogP contribution in [-0.2, 0) is 22.4 Å². The van der Waals surface area contributed by atoms with Crippen molar-refractivity contribution < 1.29 is 34.8 Å². The van der Waals surface area contributed by atoms with Gasteiger partial charge in [0.05, 0.1) is 16.5 Å². The molecule has 1 aromatic carbocycles. The molecule has 0 saturated heterocycles. The highest BCUT2D eigenvalue weighted by Gasteiger charge is 2.39. The lowest BCUT2D eigenvalue weighted by molar-refractivity contribution is -0.143. The maximum absolute atomic E-state index is 12.8. The van der Waals surface area contributed by atoms with E-state index in [9.17, 15) is 34.8 Å². The summed E-state index contributed by atoms with van der Waals surface area (Å²) in [5, 5.41) is 0.128. The van der Waals surface area contributed by atoms with E-state index in [1.807, 2.05) is 0 Å². The fourth-order valence-electron chi connectivity index (χ4n) is 1.62. The highest BCUT2D eigenvalue weighted by Crippen LogP contribution is 2.40. The molecule has 0 aliphatic heterocycles. The Kier molecular flexibility index (Phi) is 5.14. The number of amidine groups is 1. The van der Waals surface area contributed by atoms with Gasteiger partial charge in [0.15, 0.2) is 0 Å². The van der Waals surface area contributed by atoms with Crippen LogP contribution in [0.5, 0.6) is 0 Å². The van der Waals surface area contributed by atoms with Crippen molar-refractivity contribution in [1.29, 1.82) is 0 Å². The lowest BCUT2D eigenvalue weighted by atomic mass is 10.00. The topological polar surface area (TPSA) is 72.5 Å². The molecule has 1 aromatic rings. The standard InChI is InChI=1S/C12H10F6N2O2S/c1-7(19)20-23(21,22)6-5-8-9(11(13,14)15)3-2-4-10(8)12(16,17)18/h2-6H,1H3,(H2,19,20)/b6-5+. The van der Waals surface area contributed by atoms with E-state index in [0.29, 0.717) is 18.2 Å². The molecule has 2 N–H and O–H groups in total. The summed E-state index contributed by atoms with van der Waals surface area (Å²) in [6.07, 6.45) is -10.00. The smallest absolute Gasteiger partial charge is 0.387 e. The maximum Gasteiger partial charge on any atom is 0.417 e. The molecule has 0 bridgehead atoms. The van der Waals surface area contributed by atoms with Crippen molar-refractivity contribution in [2.24, 2.45) is 10.1 Å². The summed E-state index contributed by atoms with van der Waals surface area (Å²) in [5.41, 5.74) is 0.468. The third kappa shape index (κ3) is 5.27. The molecule has 0 aliphatic carbocycles. The predicted octanol–water partition coefficient (Wildman–Crippen LogP) is 3.40. The second-order valence-corrected chi connectivity index (χ2v) is 5.80. The molecule has 4 nitrogen and oxygen atoms in total. The third-order valence-corrected chi connectivity index (χ3v) is 3.42.